The largest absolute Gasteiger partial charge is 0.325 e. The van der Waals surface area contributed by atoms with Crippen LogP contribution in [0.25, 0.3) is 5.52 Å². The molecule has 5 aromatic heterocycles. The molecule has 1 aliphatic carbocycles. The molecule has 1 saturated heterocycles. The Balaban J connectivity index is 1.23. The van der Waals surface area contributed by atoms with Gasteiger partial charge in [-0.2, -0.15) is 14.5 Å². The van der Waals surface area contributed by atoms with Crippen molar-refractivity contribution in [3.05, 3.63) is 72.0 Å². The number of pyridine rings is 1. The number of H-pyrrole nitrogens is 1. The van der Waals surface area contributed by atoms with E-state index in [1.54, 1.807) is 16.9 Å². The number of halogens is 2. The SMILES string of the molecule is O=C(Nc1ccc(F)nc1)[C@@H]1C[C@H](n2ccnc2Cl)CN1c1nc(Nc2cc(C3CC3)[nH]n2)c2cccn2n1. The van der Waals surface area contributed by atoms with Gasteiger partial charge >= 0.3 is 0 Å². The molecule has 2 fully saturated rings. The highest BCUT2D eigenvalue weighted by atomic mass is 35.5. The Bertz CT molecular complexity index is 1660. The van der Waals surface area contributed by atoms with Gasteiger partial charge in [-0.25, -0.2) is 14.5 Å². The molecule has 7 rings (SSSR count). The quantitative estimate of drug-likeness (QED) is 0.261. The number of aromatic nitrogens is 8. The highest BCUT2D eigenvalue weighted by Gasteiger charge is 2.40. The zero-order valence-electron chi connectivity index (χ0n) is 20.5. The normalized spacial score (nSPS) is 19.1. The Morgan fingerprint density at radius 3 is 2.85 bits per heavy atom. The van der Waals surface area contributed by atoms with Crippen molar-refractivity contribution < 1.29 is 9.18 Å². The van der Waals surface area contributed by atoms with E-state index in [2.05, 4.69) is 30.8 Å². The maximum Gasteiger partial charge on any atom is 0.247 e. The minimum atomic E-state index is -0.647. The van der Waals surface area contributed by atoms with Gasteiger partial charge in [0.25, 0.3) is 0 Å². The standard InChI is InChI=1S/C25H23ClFN11O/c26-24-28-7-9-36(24)16-10-19(23(39)30-15-5-6-20(27)29-12-15)37(13-16)25-32-22(18-2-1-8-38(18)35-25)31-21-11-17(33-34-21)14-3-4-14/h1-2,5-9,11-12,14,16,19H,3-4,10,13H2,(H,30,39)(H2,31,32,33,34,35)/t16-,19-/m0/s1. The van der Waals surface area contributed by atoms with Crippen molar-refractivity contribution >= 4 is 46.3 Å². The van der Waals surface area contributed by atoms with E-state index in [-0.39, 0.29) is 11.9 Å². The average molecular weight is 548 g/mol. The minimum Gasteiger partial charge on any atom is -0.325 e. The summed E-state index contributed by atoms with van der Waals surface area (Å²) in [5.41, 5.74) is 2.26. The van der Waals surface area contributed by atoms with Crippen molar-refractivity contribution in [2.45, 2.75) is 37.3 Å². The van der Waals surface area contributed by atoms with E-state index in [1.165, 1.54) is 18.3 Å². The summed E-state index contributed by atoms with van der Waals surface area (Å²) in [7, 11) is 0. The van der Waals surface area contributed by atoms with Gasteiger partial charge in [0.15, 0.2) is 11.6 Å². The number of rotatable bonds is 7. The van der Waals surface area contributed by atoms with E-state index in [9.17, 15) is 9.18 Å². The fourth-order valence-electron chi connectivity index (χ4n) is 4.99. The Morgan fingerprint density at radius 1 is 1.18 bits per heavy atom. The number of nitrogens with one attached hydrogen (secondary N) is 3. The van der Waals surface area contributed by atoms with Gasteiger partial charge in [0.05, 0.1) is 17.9 Å². The molecule has 5 aromatic rings. The van der Waals surface area contributed by atoms with E-state index in [4.69, 9.17) is 21.7 Å². The molecular formula is C25H23ClFN11O. The van der Waals surface area contributed by atoms with Crippen molar-refractivity contribution in [3.63, 3.8) is 0 Å². The third-order valence-electron chi connectivity index (χ3n) is 7.09. The van der Waals surface area contributed by atoms with E-state index in [0.29, 0.717) is 47.4 Å². The predicted octanol–water partition coefficient (Wildman–Crippen LogP) is 3.92. The summed E-state index contributed by atoms with van der Waals surface area (Å²) >= 11 is 6.33. The van der Waals surface area contributed by atoms with Crippen LogP contribution in [0.15, 0.2) is 55.1 Å². The number of imidazole rings is 1. The Morgan fingerprint density at radius 2 is 2.08 bits per heavy atom. The van der Waals surface area contributed by atoms with Gasteiger partial charge in [0.2, 0.25) is 23.1 Å². The first kappa shape index (κ1) is 23.6. The number of amides is 1. The van der Waals surface area contributed by atoms with Crippen molar-refractivity contribution in [2.24, 2.45) is 0 Å². The molecule has 6 heterocycles. The van der Waals surface area contributed by atoms with Crippen LogP contribution in [0.4, 0.5) is 27.7 Å². The van der Waals surface area contributed by atoms with E-state index >= 15 is 0 Å². The molecule has 14 heteroatoms. The number of anilines is 4. The Labute approximate surface area is 226 Å². The first-order valence-electron chi connectivity index (χ1n) is 12.6. The second kappa shape index (κ2) is 9.34. The molecule has 0 bridgehead atoms. The van der Waals surface area contributed by atoms with E-state index in [1.807, 2.05) is 33.9 Å². The summed E-state index contributed by atoms with van der Waals surface area (Å²) in [5.74, 6) is 1.19. The molecule has 2 atom stereocenters. The van der Waals surface area contributed by atoms with Crippen LogP contribution >= 0.6 is 11.6 Å². The monoisotopic (exact) mass is 547 g/mol. The minimum absolute atomic E-state index is 0.157. The predicted molar refractivity (Wildman–Crippen MR) is 142 cm³/mol. The lowest BCUT2D eigenvalue weighted by atomic mass is 10.1. The molecule has 3 N–H and O–H groups in total. The molecule has 0 aromatic carbocycles. The van der Waals surface area contributed by atoms with Crippen LogP contribution in [0.1, 0.15) is 36.9 Å². The second-order valence-electron chi connectivity index (χ2n) is 9.73. The third kappa shape index (κ3) is 4.54. The number of hydrogen-bond donors (Lipinski definition) is 3. The van der Waals surface area contributed by atoms with E-state index < -0.39 is 12.0 Å². The fourth-order valence-corrected chi connectivity index (χ4v) is 5.24. The molecule has 1 amide bonds. The van der Waals surface area contributed by atoms with Gasteiger partial charge in [0.1, 0.15) is 11.6 Å². The van der Waals surface area contributed by atoms with Gasteiger partial charge in [-0.15, -0.1) is 5.10 Å². The molecule has 0 spiro atoms. The molecule has 39 heavy (non-hydrogen) atoms. The molecule has 1 aliphatic heterocycles. The summed E-state index contributed by atoms with van der Waals surface area (Å²) in [6.45, 7) is 0.413. The van der Waals surface area contributed by atoms with Gasteiger partial charge in [-0.05, 0) is 55.1 Å². The van der Waals surface area contributed by atoms with Crippen LogP contribution in [0.5, 0.6) is 0 Å². The summed E-state index contributed by atoms with van der Waals surface area (Å²) in [6.07, 6.45) is 9.26. The maximum absolute atomic E-state index is 13.5. The number of aromatic amines is 1. The maximum atomic E-state index is 13.5. The second-order valence-corrected chi connectivity index (χ2v) is 10.1. The van der Waals surface area contributed by atoms with Crippen LogP contribution < -0.4 is 15.5 Å². The van der Waals surface area contributed by atoms with Gasteiger partial charge < -0.3 is 20.1 Å². The lowest BCUT2D eigenvalue weighted by Gasteiger charge is -2.24. The molecule has 0 radical (unpaired) electrons. The number of hydrogen-bond acceptors (Lipinski definition) is 8. The summed E-state index contributed by atoms with van der Waals surface area (Å²) < 4.78 is 16.9. The molecule has 12 nitrogen and oxygen atoms in total. The smallest absolute Gasteiger partial charge is 0.247 e. The Hall–Kier alpha value is -4.52. The number of fused-ring (bicyclic) bond motifs is 1. The van der Waals surface area contributed by atoms with Crippen molar-refractivity contribution in [3.8, 4) is 0 Å². The molecule has 198 valence electrons. The molecule has 1 saturated carbocycles. The van der Waals surface area contributed by atoms with E-state index in [0.717, 1.165) is 24.1 Å². The van der Waals surface area contributed by atoms with Gasteiger partial charge in [-0.3, -0.25) is 9.89 Å². The van der Waals surface area contributed by atoms with Gasteiger partial charge in [-0.1, -0.05) is 0 Å². The Kier molecular flexibility index (Phi) is 5.65. The van der Waals surface area contributed by atoms with Crippen LogP contribution in [0, 0.1) is 5.95 Å². The lowest BCUT2D eigenvalue weighted by Crippen LogP contribution is -2.41. The summed E-state index contributed by atoms with van der Waals surface area (Å²) in [6, 6.07) is 7.64. The van der Waals surface area contributed by atoms with Crippen molar-refractivity contribution in [2.75, 3.05) is 22.1 Å². The topological polar surface area (TPSA) is 134 Å². The zero-order valence-corrected chi connectivity index (χ0v) is 21.3. The van der Waals surface area contributed by atoms with Gasteiger partial charge in [0, 0.05) is 42.8 Å². The number of carbonyl (C=O) groups is 1. The van der Waals surface area contributed by atoms with Crippen LogP contribution in [-0.4, -0.2) is 57.8 Å². The lowest BCUT2D eigenvalue weighted by molar-refractivity contribution is -0.117. The highest BCUT2D eigenvalue weighted by molar-refractivity contribution is 6.28. The first-order valence-corrected chi connectivity index (χ1v) is 12.9. The first-order chi connectivity index (χ1) is 19.0. The van der Waals surface area contributed by atoms with Crippen molar-refractivity contribution in [1.29, 1.82) is 0 Å². The van der Waals surface area contributed by atoms with Crippen molar-refractivity contribution in [1.82, 2.24) is 39.3 Å². The summed E-state index contributed by atoms with van der Waals surface area (Å²) in [4.78, 5) is 28.0. The number of nitrogens with zero attached hydrogens (tertiary/aromatic N) is 8. The zero-order chi connectivity index (χ0) is 26.5. The fraction of sp³-hybridized carbons (Fsp3) is 0.280. The van der Waals surface area contributed by atoms with Crippen LogP contribution in [0.2, 0.25) is 5.28 Å². The van der Waals surface area contributed by atoms with Crippen LogP contribution in [-0.2, 0) is 4.79 Å². The number of carbonyl (C=O) groups excluding carboxylic acids is 1. The third-order valence-corrected chi connectivity index (χ3v) is 7.38. The van der Waals surface area contributed by atoms with Crippen LogP contribution in [0.3, 0.4) is 0 Å². The molecule has 2 aliphatic rings. The molecule has 0 unspecified atom stereocenters. The molecular weight excluding hydrogens is 525 g/mol. The highest BCUT2D eigenvalue weighted by Crippen LogP contribution is 2.40. The average Bonchev–Trinajstić information content (AvgIpc) is 3.32. The summed E-state index contributed by atoms with van der Waals surface area (Å²) in [5, 5.41) is 18.7.